The largest absolute Gasteiger partial charge is 0.449 e. The number of benzene rings is 1. The van der Waals surface area contributed by atoms with E-state index in [1.807, 2.05) is 13.8 Å². The molecule has 6 heteroatoms. The average Bonchev–Trinajstić information content (AvgIpc) is 2.34. The minimum atomic E-state index is -0.563. The molecule has 0 radical (unpaired) electrons. The minimum absolute atomic E-state index is 0.0559. The van der Waals surface area contributed by atoms with Crippen molar-refractivity contribution in [3.05, 3.63) is 35.1 Å². The molecule has 0 unspecified atom stereocenters. The van der Waals surface area contributed by atoms with Gasteiger partial charge in [-0.25, -0.2) is 9.18 Å². The van der Waals surface area contributed by atoms with Gasteiger partial charge in [0.2, 0.25) is 0 Å². The summed E-state index contributed by atoms with van der Waals surface area (Å²) < 4.78 is 18.6. The lowest BCUT2D eigenvalue weighted by Crippen LogP contribution is -2.25. The molecule has 0 atom stereocenters. The third kappa shape index (κ3) is 5.21. The van der Waals surface area contributed by atoms with Gasteiger partial charge in [0.15, 0.2) is 0 Å². The Bertz CT molecular complexity index is 478. The molecule has 0 fully saturated rings. The summed E-state index contributed by atoms with van der Waals surface area (Å²) in [5.74, 6) is -0.207. The molecule has 0 aromatic heterocycles. The lowest BCUT2D eigenvalue weighted by atomic mass is 10.1. The Morgan fingerprint density at radius 3 is 2.74 bits per heavy atom. The number of alkyl carbamates (subject to hydrolysis) is 1. The molecule has 0 aliphatic rings. The third-order valence-electron chi connectivity index (χ3n) is 2.31. The van der Waals surface area contributed by atoms with Crippen LogP contribution in [0, 0.1) is 11.7 Å². The molecule has 4 nitrogen and oxygen atoms in total. The van der Waals surface area contributed by atoms with E-state index >= 15 is 0 Å². The van der Waals surface area contributed by atoms with Crippen LogP contribution in [0.2, 0.25) is 0 Å². The first kappa shape index (κ1) is 15.4. The molecule has 1 amide bonds. The first-order valence-electron chi connectivity index (χ1n) is 5.89. The Kier molecular flexibility index (Phi) is 5.69. The fraction of sp³-hybridized carbons (Fsp3) is 0.385. The van der Waals surface area contributed by atoms with Gasteiger partial charge in [0, 0.05) is 17.7 Å². The van der Waals surface area contributed by atoms with Crippen LogP contribution in [0.25, 0.3) is 0 Å². The zero-order valence-electron chi connectivity index (χ0n) is 10.9. The van der Waals surface area contributed by atoms with Crippen molar-refractivity contribution < 1.29 is 13.9 Å². The quantitative estimate of drug-likeness (QED) is 0.815. The van der Waals surface area contributed by atoms with Gasteiger partial charge in [0.25, 0.3) is 0 Å². The lowest BCUT2D eigenvalue weighted by Gasteiger charge is -2.09. The number of halogens is 1. The van der Waals surface area contributed by atoms with Crippen molar-refractivity contribution in [2.75, 3.05) is 6.61 Å². The van der Waals surface area contributed by atoms with E-state index in [1.54, 1.807) is 6.07 Å². The van der Waals surface area contributed by atoms with Crippen LogP contribution in [0.1, 0.15) is 25.0 Å². The van der Waals surface area contributed by atoms with Crippen molar-refractivity contribution in [2.45, 2.75) is 20.4 Å². The molecule has 1 aromatic rings. The van der Waals surface area contributed by atoms with E-state index in [2.05, 4.69) is 5.32 Å². The Balaban J connectivity index is 2.54. The maximum absolute atomic E-state index is 13.7. The first-order chi connectivity index (χ1) is 8.90. The molecule has 0 spiro atoms. The number of amides is 1. The predicted molar refractivity (Wildman–Crippen MR) is 75.3 cm³/mol. The normalized spacial score (nSPS) is 10.3. The number of thiocarbonyl (C=S) groups is 1. The molecule has 3 N–H and O–H groups in total. The molecular weight excluding hydrogens is 267 g/mol. The van der Waals surface area contributed by atoms with Crippen LogP contribution in [0.4, 0.5) is 9.18 Å². The Labute approximate surface area is 117 Å². The molecule has 104 valence electrons. The predicted octanol–water partition coefficient (Wildman–Crippen LogP) is 2.34. The zero-order valence-corrected chi connectivity index (χ0v) is 11.7. The second kappa shape index (κ2) is 7.04. The highest BCUT2D eigenvalue weighted by molar-refractivity contribution is 7.80. The Morgan fingerprint density at radius 2 is 2.21 bits per heavy atom. The van der Waals surface area contributed by atoms with Crippen LogP contribution in [0.3, 0.4) is 0 Å². The van der Waals surface area contributed by atoms with Crippen LogP contribution >= 0.6 is 12.2 Å². The number of ether oxygens (including phenoxy) is 1. The van der Waals surface area contributed by atoms with Crippen molar-refractivity contribution in [2.24, 2.45) is 11.7 Å². The fourth-order valence-electron chi connectivity index (χ4n) is 1.30. The number of hydrogen-bond acceptors (Lipinski definition) is 3. The van der Waals surface area contributed by atoms with Crippen molar-refractivity contribution in [3.63, 3.8) is 0 Å². The summed E-state index contributed by atoms with van der Waals surface area (Å²) in [5, 5.41) is 2.48. The van der Waals surface area contributed by atoms with Crippen molar-refractivity contribution in [1.29, 1.82) is 0 Å². The summed E-state index contributed by atoms with van der Waals surface area (Å²) in [4.78, 5) is 11.4. The van der Waals surface area contributed by atoms with Crippen LogP contribution in [-0.2, 0) is 11.3 Å². The van der Waals surface area contributed by atoms with Gasteiger partial charge >= 0.3 is 6.09 Å². The van der Waals surface area contributed by atoms with E-state index in [4.69, 9.17) is 22.7 Å². The number of carbonyl (C=O) groups excluding carboxylic acids is 1. The third-order valence-corrected chi connectivity index (χ3v) is 2.54. The standard InChI is InChI=1S/C13H17FN2O2S/c1-8(2)7-18-13(17)16-6-10-4-3-9(12(15)19)5-11(10)14/h3-5,8H,6-7H2,1-2H3,(H2,15,19)(H,16,17). The zero-order chi connectivity index (χ0) is 14.4. The number of nitrogens with two attached hydrogens (primary N) is 1. The lowest BCUT2D eigenvalue weighted by molar-refractivity contribution is 0.132. The van der Waals surface area contributed by atoms with Crippen molar-refractivity contribution in [3.8, 4) is 0 Å². The SMILES string of the molecule is CC(C)COC(=O)NCc1ccc(C(N)=S)cc1F. The maximum atomic E-state index is 13.7. The highest BCUT2D eigenvalue weighted by Crippen LogP contribution is 2.10. The average molecular weight is 284 g/mol. The summed E-state index contributed by atoms with van der Waals surface area (Å²) in [6.07, 6.45) is -0.563. The van der Waals surface area contributed by atoms with E-state index in [0.717, 1.165) is 0 Å². The maximum Gasteiger partial charge on any atom is 0.407 e. The number of carbonyl (C=O) groups is 1. The molecule has 0 aliphatic carbocycles. The topological polar surface area (TPSA) is 64.3 Å². The Hall–Kier alpha value is -1.69. The molecule has 1 rings (SSSR count). The molecule has 0 bridgehead atoms. The van der Waals surface area contributed by atoms with Gasteiger partial charge in [-0.3, -0.25) is 0 Å². The monoisotopic (exact) mass is 284 g/mol. The smallest absolute Gasteiger partial charge is 0.407 e. The van der Waals surface area contributed by atoms with Gasteiger partial charge in [-0.2, -0.15) is 0 Å². The summed E-state index contributed by atoms with van der Waals surface area (Å²) in [7, 11) is 0. The molecule has 0 saturated heterocycles. The molecular formula is C13H17FN2O2S. The molecule has 0 saturated carbocycles. The second-order valence-corrected chi connectivity index (χ2v) is 4.96. The minimum Gasteiger partial charge on any atom is -0.449 e. The van der Waals surface area contributed by atoms with Gasteiger partial charge in [0.05, 0.1) is 6.61 Å². The van der Waals surface area contributed by atoms with E-state index in [0.29, 0.717) is 17.7 Å². The van der Waals surface area contributed by atoms with Crippen LogP contribution < -0.4 is 11.1 Å². The summed E-state index contributed by atoms with van der Waals surface area (Å²) in [5.41, 5.74) is 6.20. The fourth-order valence-corrected chi connectivity index (χ4v) is 1.43. The number of rotatable bonds is 5. The van der Waals surface area contributed by atoms with Crippen LogP contribution in [0.15, 0.2) is 18.2 Å². The molecule has 19 heavy (non-hydrogen) atoms. The molecule has 0 heterocycles. The summed E-state index contributed by atoms with van der Waals surface area (Å²) in [6.45, 7) is 4.25. The van der Waals surface area contributed by atoms with Crippen molar-refractivity contribution in [1.82, 2.24) is 5.32 Å². The van der Waals surface area contributed by atoms with E-state index in [-0.39, 0.29) is 17.5 Å². The van der Waals surface area contributed by atoms with Gasteiger partial charge in [-0.1, -0.05) is 38.2 Å². The van der Waals surface area contributed by atoms with Gasteiger partial charge in [0.1, 0.15) is 10.8 Å². The summed E-state index contributed by atoms with van der Waals surface area (Å²) in [6, 6.07) is 4.40. The van der Waals surface area contributed by atoms with E-state index in [9.17, 15) is 9.18 Å². The van der Waals surface area contributed by atoms with Gasteiger partial charge < -0.3 is 15.8 Å². The van der Waals surface area contributed by atoms with E-state index < -0.39 is 11.9 Å². The first-order valence-corrected chi connectivity index (χ1v) is 6.30. The number of hydrogen-bond donors (Lipinski definition) is 2. The van der Waals surface area contributed by atoms with Gasteiger partial charge in [-0.15, -0.1) is 0 Å². The van der Waals surface area contributed by atoms with Crippen molar-refractivity contribution >= 4 is 23.3 Å². The molecule has 1 aromatic carbocycles. The summed E-state index contributed by atoms with van der Waals surface area (Å²) >= 11 is 4.75. The van der Waals surface area contributed by atoms with Crippen LogP contribution in [-0.4, -0.2) is 17.7 Å². The number of nitrogens with one attached hydrogen (secondary N) is 1. The molecule has 0 aliphatic heterocycles. The van der Waals surface area contributed by atoms with Gasteiger partial charge in [-0.05, 0) is 12.0 Å². The van der Waals surface area contributed by atoms with Crippen LogP contribution in [0.5, 0.6) is 0 Å². The highest BCUT2D eigenvalue weighted by Gasteiger charge is 2.08. The Morgan fingerprint density at radius 1 is 1.53 bits per heavy atom. The second-order valence-electron chi connectivity index (χ2n) is 4.52. The highest BCUT2D eigenvalue weighted by atomic mass is 32.1. The van der Waals surface area contributed by atoms with E-state index in [1.165, 1.54) is 12.1 Å².